The van der Waals surface area contributed by atoms with Crippen LogP contribution in [0.3, 0.4) is 0 Å². The fraction of sp³-hybridized carbons (Fsp3) is 0. The van der Waals surface area contributed by atoms with Gasteiger partial charge in [-0.2, -0.15) is 0 Å². The van der Waals surface area contributed by atoms with Gasteiger partial charge in [-0.15, -0.1) is 0 Å². The highest BCUT2D eigenvalue weighted by Crippen LogP contribution is 2.09. The fourth-order valence-corrected chi connectivity index (χ4v) is 1.45. The highest BCUT2D eigenvalue weighted by molar-refractivity contribution is 7.80. The van der Waals surface area contributed by atoms with Gasteiger partial charge in [-0.25, -0.2) is 4.39 Å². The van der Waals surface area contributed by atoms with Gasteiger partial charge in [0.05, 0.1) is 0 Å². The minimum atomic E-state index is -0.342. The average molecular weight is 222 g/mol. The molecular formula is C10H7FN2OS. The first kappa shape index (κ1) is 9.79. The molecule has 1 aromatic rings. The molecule has 0 aromatic heterocycles. The van der Waals surface area contributed by atoms with Crippen molar-refractivity contribution in [1.29, 1.82) is 0 Å². The lowest BCUT2D eigenvalue weighted by atomic mass is 10.2. The monoisotopic (exact) mass is 222 g/mol. The maximum Gasteiger partial charge on any atom is 0.273 e. The zero-order chi connectivity index (χ0) is 10.8. The second-order valence-corrected chi connectivity index (χ2v) is 3.43. The van der Waals surface area contributed by atoms with Crippen molar-refractivity contribution >= 4 is 29.3 Å². The van der Waals surface area contributed by atoms with Crippen LogP contribution in [0, 0.1) is 5.82 Å². The van der Waals surface area contributed by atoms with E-state index in [9.17, 15) is 9.18 Å². The normalized spacial score (nSPS) is 17.8. The second kappa shape index (κ2) is 3.78. The first-order chi connectivity index (χ1) is 7.15. The van der Waals surface area contributed by atoms with Gasteiger partial charge in [0, 0.05) is 0 Å². The Morgan fingerprint density at radius 2 is 2.13 bits per heavy atom. The standard InChI is InChI=1S/C10H7FN2OS/c11-7-3-1-2-6(4-7)5-8-9(14)13-10(15)12-8/h1-5H,(H2,12,13,14,15)/b8-5-. The molecule has 0 atom stereocenters. The van der Waals surface area contributed by atoms with Gasteiger partial charge in [0.2, 0.25) is 0 Å². The molecule has 0 radical (unpaired) electrons. The SMILES string of the molecule is O=C1NC(=S)N/C1=C\c1cccc(F)c1. The summed E-state index contributed by atoms with van der Waals surface area (Å²) in [6, 6.07) is 5.96. The van der Waals surface area contributed by atoms with Gasteiger partial charge < -0.3 is 5.32 Å². The number of hydrogen-bond acceptors (Lipinski definition) is 2. The molecule has 0 spiro atoms. The third-order valence-electron chi connectivity index (χ3n) is 1.88. The number of benzene rings is 1. The molecule has 0 saturated carbocycles. The summed E-state index contributed by atoms with van der Waals surface area (Å²) in [5, 5.41) is 5.37. The van der Waals surface area contributed by atoms with Crippen molar-refractivity contribution in [2.45, 2.75) is 0 Å². The Bertz CT molecular complexity index is 470. The number of carbonyl (C=O) groups excluding carboxylic acids is 1. The van der Waals surface area contributed by atoms with Crippen molar-refractivity contribution in [3.8, 4) is 0 Å². The van der Waals surface area contributed by atoms with Crippen molar-refractivity contribution < 1.29 is 9.18 Å². The fourth-order valence-electron chi connectivity index (χ4n) is 1.25. The maximum absolute atomic E-state index is 12.8. The van der Waals surface area contributed by atoms with Crippen LogP contribution >= 0.6 is 12.2 Å². The van der Waals surface area contributed by atoms with Crippen molar-refractivity contribution in [3.63, 3.8) is 0 Å². The van der Waals surface area contributed by atoms with Gasteiger partial charge in [0.25, 0.3) is 5.91 Å². The largest absolute Gasteiger partial charge is 0.328 e. The Kier molecular flexibility index (Phi) is 2.47. The molecular weight excluding hydrogens is 215 g/mol. The smallest absolute Gasteiger partial charge is 0.273 e. The topological polar surface area (TPSA) is 41.1 Å². The lowest BCUT2D eigenvalue weighted by Crippen LogP contribution is -2.21. The maximum atomic E-state index is 12.8. The molecule has 1 aliphatic rings. The predicted molar refractivity (Wildman–Crippen MR) is 58.3 cm³/mol. The van der Waals surface area contributed by atoms with Gasteiger partial charge in [-0.1, -0.05) is 12.1 Å². The van der Waals surface area contributed by atoms with Crippen LogP contribution in [0.5, 0.6) is 0 Å². The first-order valence-corrected chi connectivity index (χ1v) is 4.65. The van der Waals surface area contributed by atoms with Crippen LogP contribution in [0.4, 0.5) is 4.39 Å². The third kappa shape index (κ3) is 2.19. The van der Waals surface area contributed by atoms with E-state index >= 15 is 0 Å². The minimum absolute atomic E-state index is 0.266. The predicted octanol–water partition coefficient (Wildman–Crippen LogP) is 1.17. The van der Waals surface area contributed by atoms with E-state index in [1.807, 2.05) is 0 Å². The van der Waals surface area contributed by atoms with E-state index in [0.717, 1.165) is 0 Å². The molecule has 2 rings (SSSR count). The highest BCUT2D eigenvalue weighted by atomic mass is 32.1. The summed E-state index contributed by atoms with van der Waals surface area (Å²) >= 11 is 4.76. The number of halogens is 1. The molecule has 2 N–H and O–H groups in total. The average Bonchev–Trinajstić information content (AvgIpc) is 2.45. The third-order valence-corrected chi connectivity index (χ3v) is 2.08. The summed E-state index contributed by atoms with van der Waals surface area (Å²) < 4.78 is 12.8. The number of nitrogens with one attached hydrogen (secondary N) is 2. The van der Waals surface area contributed by atoms with E-state index in [4.69, 9.17) is 12.2 Å². The number of rotatable bonds is 1. The molecule has 1 saturated heterocycles. The lowest BCUT2D eigenvalue weighted by Gasteiger charge is -1.96. The molecule has 1 amide bonds. The van der Waals surface area contributed by atoms with E-state index in [0.29, 0.717) is 11.3 Å². The highest BCUT2D eigenvalue weighted by Gasteiger charge is 2.19. The number of amides is 1. The van der Waals surface area contributed by atoms with E-state index in [-0.39, 0.29) is 16.8 Å². The summed E-state index contributed by atoms with van der Waals surface area (Å²) in [7, 11) is 0. The summed E-state index contributed by atoms with van der Waals surface area (Å²) in [5.74, 6) is -0.644. The molecule has 1 heterocycles. The Balaban J connectivity index is 2.31. The van der Waals surface area contributed by atoms with E-state index in [1.165, 1.54) is 18.2 Å². The van der Waals surface area contributed by atoms with Crippen molar-refractivity contribution in [2.24, 2.45) is 0 Å². The Morgan fingerprint density at radius 1 is 1.33 bits per heavy atom. The summed E-state index contributed by atoms with van der Waals surface area (Å²) in [4.78, 5) is 11.3. The molecule has 1 aliphatic heterocycles. The van der Waals surface area contributed by atoms with Gasteiger partial charge in [-0.05, 0) is 36.0 Å². The molecule has 1 aromatic carbocycles. The van der Waals surface area contributed by atoms with Crippen LogP contribution in [0.2, 0.25) is 0 Å². The van der Waals surface area contributed by atoms with Gasteiger partial charge in [0.15, 0.2) is 5.11 Å². The summed E-state index contributed by atoms with van der Waals surface area (Å²) in [5.41, 5.74) is 0.933. The van der Waals surface area contributed by atoms with Gasteiger partial charge in [0.1, 0.15) is 11.5 Å². The molecule has 1 fully saturated rings. The van der Waals surface area contributed by atoms with E-state index in [1.54, 1.807) is 12.1 Å². The zero-order valence-corrected chi connectivity index (χ0v) is 8.40. The molecule has 0 bridgehead atoms. The molecule has 0 aliphatic carbocycles. The van der Waals surface area contributed by atoms with E-state index in [2.05, 4.69) is 10.6 Å². The molecule has 0 unspecified atom stereocenters. The quantitative estimate of drug-likeness (QED) is 0.553. The minimum Gasteiger partial charge on any atom is -0.328 e. The van der Waals surface area contributed by atoms with Crippen LogP contribution in [-0.4, -0.2) is 11.0 Å². The Labute approximate surface area is 91.0 Å². The molecule has 3 nitrogen and oxygen atoms in total. The van der Waals surface area contributed by atoms with Crippen LogP contribution in [0.1, 0.15) is 5.56 Å². The summed E-state index contributed by atoms with van der Waals surface area (Å²) in [6.07, 6.45) is 1.54. The summed E-state index contributed by atoms with van der Waals surface area (Å²) in [6.45, 7) is 0. The first-order valence-electron chi connectivity index (χ1n) is 4.25. The van der Waals surface area contributed by atoms with Crippen LogP contribution in [-0.2, 0) is 4.79 Å². The Morgan fingerprint density at radius 3 is 2.73 bits per heavy atom. The molecule has 76 valence electrons. The van der Waals surface area contributed by atoms with Gasteiger partial charge in [-0.3, -0.25) is 10.1 Å². The van der Waals surface area contributed by atoms with Crippen LogP contribution < -0.4 is 10.6 Å². The number of hydrogen-bond donors (Lipinski definition) is 2. The van der Waals surface area contributed by atoms with Crippen LogP contribution in [0.15, 0.2) is 30.0 Å². The lowest BCUT2D eigenvalue weighted by molar-refractivity contribution is -0.115. The molecule has 15 heavy (non-hydrogen) atoms. The van der Waals surface area contributed by atoms with Crippen molar-refractivity contribution in [3.05, 3.63) is 41.3 Å². The number of carbonyl (C=O) groups is 1. The zero-order valence-electron chi connectivity index (χ0n) is 7.58. The van der Waals surface area contributed by atoms with E-state index < -0.39 is 0 Å². The molecule has 5 heteroatoms. The van der Waals surface area contributed by atoms with Crippen LogP contribution in [0.25, 0.3) is 6.08 Å². The van der Waals surface area contributed by atoms with Crippen molar-refractivity contribution in [1.82, 2.24) is 10.6 Å². The Hall–Kier alpha value is -1.75. The second-order valence-electron chi connectivity index (χ2n) is 3.02. The number of thiocarbonyl (C=S) groups is 1. The van der Waals surface area contributed by atoms with Crippen molar-refractivity contribution in [2.75, 3.05) is 0 Å². The van der Waals surface area contributed by atoms with Gasteiger partial charge >= 0.3 is 0 Å².